The highest BCUT2D eigenvalue weighted by Gasteiger charge is 2.14. The standard InChI is InChI=1S/C23H17FN4O4S/c24-15-5-2-7-17(11-15)26-21(30)14-4-1-6-16(10-14)25-20(29)12-18-13-33-23(27-18)28-22(31)19-8-3-9-32-19/h1-11,13H,12H2,(H,25,29)(H,26,30)(H,27,28,31). The van der Waals surface area contributed by atoms with Gasteiger partial charge >= 0.3 is 0 Å². The first-order chi connectivity index (χ1) is 16.0. The number of furan rings is 1. The number of hydrogen-bond acceptors (Lipinski definition) is 6. The van der Waals surface area contributed by atoms with Gasteiger partial charge in [-0.2, -0.15) is 0 Å². The monoisotopic (exact) mass is 464 g/mol. The average Bonchev–Trinajstić information content (AvgIpc) is 3.46. The number of anilines is 3. The molecule has 0 unspecified atom stereocenters. The molecule has 0 aliphatic rings. The molecule has 0 aliphatic carbocycles. The van der Waals surface area contributed by atoms with E-state index in [-0.39, 0.29) is 18.1 Å². The third-order valence-electron chi connectivity index (χ3n) is 4.35. The van der Waals surface area contributed by atoms with Gasteiger partial charge in [0.15, 0.2) is 10.9 Å². The summed E-state index contributed by atoms with van der Waals surface area (Å²) in [4.78, 5) is 41.1. The Morgan fingerprint density at radius 3 is 2.45 bits per heavy atom. The molecule has 0 saturated heterocycles. The summed E-state index contributed by atoms with van der Waals surface area (Å²) in [5, 5.41) is 9.94. The van der Waals surface area contributed by atoms with Crippen molar-refractivity contribution in [1.29, 1.82) is 0 Å². The summed E-state index contributed by atoms with van der Waals surface area (Å²) in [7, 11) is 0. The maximum atomic E-state index is 13.3. The van der Waals surface area contributed by atoms with E-state index in [1.165, 1.54) is 47.9 Å². The smallest absolute Gasteiger partial charge is 0.293 e. The van der Waals surface area contributed by atoms with E-state index in [1.807, 2.05) is 0 Å². The summed E-state index contributed by atoms with van der Waals surface area (Å²) in [6, 6.07) is 15.1. The minimum atomic E-state index is -0.459. The molecule has 0 aliphatic heterocycles. The van der Waals surface area contributed by atoms with Gasteiger partial charge < -0.3 is 15.1 Å². The van der Waals surface area contributed by atoms with Gasteiger partial charge in [-0.15, -0.1) is 11.3 Å². The lowest BCUT2D eigenvalue weighted by Gasteiger charge is -2.08. The zero-order chi connectivity index (χ0) is 23.2. The molecule has 3 amide bonds. The third-order valence-corrected chi connectivity index (χ3v) is 5.16. The quantitative estimate of drug-likeness (QED) is 0.371. The normalized spacial score (nSPS) is 10.5. The Kier molecular flexibility index (Phi) is 6.56. The predicted octanol–water partition coefficient (Wildman–Crippen LogP) is 4.56. The van der Waals surface area contributed by atoms with E-state index >= 15 is 0 Å². The van der Waals surface area contributed by atoms with Gasteiger partial charge in [-0.05, 0) is 48.5 Å². The Bertz CT molecular complexity index is 1300. The van der Waals surface area contributed by atoms with E-state index in [0.717, 1.165) is 0 Å². The number of carbonyl (C=O) groups is 3. The molecule has 2 aromatic heterocycles. The van der Waals surface area contributed by atoms with E-state index in [2.05, 4.69) is 20.9 Å². The minimum absolute atomic E-state index is 0.0210. The van der Waals surface area contributed by atoms with Crippen LogP contribution in [0.2, 0.25) is 0 Å². The molecule has 0 radical (unpaired) electrons. The Labute approximate surface area is 191 Å². The van der Waals surface area contributed by atoms with Gasteiger partial charge in [0.05, 0.1) is 18.4 Å². The van der Waals surface area contributed by atoms with Crippen LogP contribution in [0.15, 0.2) is 76.7 Å². The highest BCUT2D eigenvalue weighted by molar-refractivity contribution is 7.14. The Morgan fingerprint density at radius 2 is 1.70 bits per heavy atom. The molecule has 0 saturated carbocycles. The van der Waals surface area contributed by atoms with Crippen molar-refractivity contribution in [1.82, 2.24) is 4.98 Å². The second-order valence-electron chi connectivity index (χ2n) is 6.85. The molecule has 2 heterocycles. The molecule has 2 aromatic carbocycles. The molecule has 4 rings (SSSR count). The van der Waals surface area contributed by atoms with Crippen LogP contribution in [-0.2, 0) is 11.2 Å². The lowest BCUT2D eigenvalue weighted by molar-refractivity contribution is -0.115. The summed E-state index contributed by atoms with van der Waals surface area (Å²) in [5.41, 5.74) is 1.53. The average molecular weight is 464 g/mol. The molecule has 33 heavy (non-hydrogen) atoms. The van der Waals surface area contributed by atoms with Crippen molar-refractivity contribution in [2.75, 3.05) is 16.0 Å². The molecule has 166 valence electrons. The first kappa shape index (κ1) is 21.9. The van der Waals surface area contributed by atoms with Crippen molar-refractivity contribution in [2.24, 2.45) is 0 Å². The van der Waals surface area contributed by atoms with E-state index in [9.17, 15) is 18.8 Å². The second-order valence-corrected chi connectivity index (χ2v) is 7.70. The van der Waals surface area contributed by atoms with Crippen molar-refractivity contribution >= 4 is 45.6 Å². The van der Waals surface area contributed by atoms with Crippen molar-refractivity contribution in [3.8, 4) is 0 Å². The van der Waals surface area contributed by atoms with Gasteiger partial charge in [-0.25, -0.2) is 9.37 Å². The maximum Gasteiger partial charge on any atom is 0.293 e. The first-order valence-electron chi connectivity index (χ1n) is 9.72. The Balaban J connectivity index is 1.34. The number of halogens is 1. The Morgan fingerprint density at radius 1 is 0.909 bits per heavy atom. The van der Waals surface area contributed by atoms with Crippen LogP contribution in [0.1, 0.15) is 26.6 Å². The number of rotatable bonds is 7. The van der Waals surface area contributed by atoms with Crippen LogP contribution >= 0.6 is 11.3 Å². The zero-order valence-corrected chi connectivity index (χ0v) is 17.8. The highest BCUT2D eigenvalue weighted by Crippen LogP contribution is 2.18. The Hall–Kier alpha value is -4.31. The van der Waals surface area contributed by atoms with Crippen molar-refractivity contribution in [2.45, 2.75) is 6.42 Å². The first-order valence-corrected chi connectivity index (χ1v) is 10.6. The summed E-state index contributed by atoms with van der Waals surface area (Å²) >= 11 is 1.19. The van der Waals surface area contributed by atoms with Crippen LogP contribution in [0.25, 0.3) is 0 Å². The summed E-state index contributed by atoms with van der Waals surface area (Å²) in [6.45, 7) is 0. The zero-order valence-electron chi connectivity index (χ0n) is 17.0. The number of hydrogen-bond donors (Lipinski definition) is 3. The van der Waals surface area contributed by atoms with Gasteiger partial charge in [0.1, 0.15) is 5.82 Å². The minimum Gasteiger partial charge on any atom is -0.459 e. The largest absolute Gasteiger partial charge is 0.459 e. The molecule has 8 nitrogen and oxygen atoms in total. The molecule has 0 atom stereocenters. The highest BCUT2D eigenvalue weighted by atomic mass is 32.1. The number of benzene rings is 2. The van der Waals surface area contributed by atoms with Gasteiger partial charge in [0.2, 0.25) is 5.91 Å². The van der Waals surface area contributed by atoms with Crippen LogP contribution in [-0.4, -0.2) is 22.7 Å². The summed E-state index contributed by atoms with van der Waals surface area (Å²) < 4.78 is 18.3. The number of amides is 3. The predicted molar refractivity (Wildman–Crippen MR) is 122 cm³/mol. The lowest BCUT2D eigenvalue weighted by atomic mass is 10.1. The number of nitrogens with one attached hydrogen (secondary N) is 3. The molecule has 0 fully saturated rings. The summed E-state index contributed by atoms with van der Waals surface area (Å²) in [5.74, 6) is -1.51. The molecule has 4 aromatic rings. The van der Waals surface area contributed by atoms with Crippen LogP contribution in [0, 0.1) is 5.82 Å². The van der Waals surface area contributed by atoms with Gasteiger partial charge in [0.25, 0.3) is 11.8 Å². The van der Waals surface area contributed by atoms with Crippen LogP contribution < -0.4 is 16.0 Å². The molecular formula is C23H17FN4O4S. The fourth-order valence-electron chi connectivity index (χ4n) is 2.89. The van der Waals surface area contributed by atoms with Crippen molar-refractivity contribution < 1.29 is 23.2 Å². The SMILES string of the molecule is O=C(Cc1csc(NC(=O)c2ccco2)n1)Nc1cccc(C(=O)Nc2cccc(F)c2)c1. The van der Waals surface area contributed by atoms with Crippen LogP contribution in [0.5, 0.6) is 0 Å². The molecule has 10 heteroatoms. The fourth-order valence-corrected chi connectivity index (χ4v) is 3.59. The maximum absolute atomic E-state index is 13.3. The van der Waals surface area contributed by atoms with E-state index in [4.69, 9.17) is 4.42 Å². The van der Waals surface area contributed by atoms with Crippen molar-refractivity contribution in [3.05, 3.63) is 95.1 Å². The summed E-state index contributed by atoms with van der Waals surface area (Å²) in [6.07, 6.45) is 1.37. The third kappa shape index (κ3) is 5.89. The number of nitrogens with zero attached hydrogens (tertiary/aromatic N) is 1. The van der Waals surface area contributed by atoms with Gasteiger partial charge in [0, 0.05) is 22.3 Å². The van der Waals surface area contributed by atoms with Gasteiger partial charge in [-0.3, -0.25) is 19.7 Å². The second kappa shape index (κ2) is 9.88. The number of thiazole rings is 1. The van der Waals surface area contributed by atoms with Crippen LogP contribution in [0.4, 0.5) is 20.9 Å². The van der Waals surface area contributed by atoms with Crippen molar-refractivity contribution in [3.63, 3.8) is 0 Å². The van der Waals surface area contributed by atoms with E-state index in [1.54, 1.807) is 35.7 Å². The van der Waals surface area contributed by atoms with E-state index in [0.29, 0.717) is 27.8 Å². The number of carbonyl (C=O) groups excluding carboxylic acids is 3. The molecule has 0 bridgehead atoms. The topological polar surface area (TPSA) is 113 Å². The lowest BCUT2D eigenvalue weighted by Crippen LogP contribution is -2.16. The molecule has 0 spiro atoms. The number of aromatic nitrogens is 1. The fraction of sp³-hybridized carbons (Fsp3) is 0.0435. The molecule has 3 N–H and O–H groups in total. The van der Waals surface area contributed by atoms with Crippen LogP contribution in [0.3, 0.4) is 0 Å². The van der Waals surface area contributed by atoms with E-state index < -0.39 is 17.6 Å². The molecular weight excluding hydrogens is 447 g/mol. The van der Waals surface area contributed by atoms with Gasteiger partial charge in [-0.1, -0.05) is 12.1 Å².